The average molecular weight is 390 g/mol. The number of nitrogens with one attached hydrogen (secondary N) is 1. The summed E-state index contributed by atoms with van der Waals surface area (Å²) in [5.74, 6) is 1.58. The van der Waals surface area contributed by atoms with E-state index in [1.54, 1.807) is 6.20 Å². The maximum Gasteiger partial charge on any atom is 0.180 e. The van der Waals surface area contributed by atoms with E-state index in [2.05, 4.69) is 26.5 Å². The Balaban J connectivity index is 1.32. The summed E-state index contributed by atoms with van der Waals surface area (Å²) in [6, 6.07) is 5.84. The zero-order valence-electron chi connectivity index (χ0n) is 16.7. The molecule has 1 fully saturated rings. The zero-order chi connectivity index (χ0) is 19.5. The predicted octanol–water partition coefficient (Wildman–Crippen LogP) is 3.45. The highest BCUT2D eigenvalue weighted by Crippen LogP contribution is 2.30. The van der Waals surface area contributed by atoms with Crippen molar-refractivity contribution in [2.75, 3.05) is 25.0 Å². The molecule has 7 heteroatoms. The maximum absolute atomic E-state index is 4.81. The van der Waals surface area contributed by atoms with Crippen molar-refractivity contribution in [3.8, 4) is 11.5 Å². The summed E-state index contributed by atoms with van der Waals surface area (Å²) in [4.78, 5) is 16.5. The molecule has 5 rings (SSSR count). The second kappa shape index (κ2) is 8.29. The molecule has 0 aromatic carbocycles. The van der Waals surface area contributed by atoms with Crippen LogP contribution in [-0.4, -0.2) is 49.3 Å². The van der Waals surface area contributed by atoms with E-state index in [9.17, 15) is 0 Å². The smallest absolute Gasteiger partial charge is 0.180 e. The molecule has 0 saturated carbocycles. The Morgan fingerprint density at radius 3 is 2.76 bits per heavy atom. The van der Waals surface area contributed by atoms with E-state index in [-0.39, 0.29) is 0 Å². The number of anilines is 2. The minimum absolute atomic E-state index is 0.686. The van der Waals surface area contributed by atoms with Crippen LogP contribution in [-0.2, 0) is 19.4 Å². The number of rotatable bonds is 6. The summed E-state index contributed by atoms with van der Waals surface area (Å²) in [5.41, 5.74) is 4.15. The van der Waals surface area contributed by atoms with Gasteiger partial charge in [0, 0.05) is 30.2 Å². The molecule has 1 saturated heterocycles. The third-order valence-corrected chi connectivity index (χ3v) is 5.82. The van der Waals surface area contributed by atoms with Gasteiger partial charge >= 0.3 is 0 Å². The van der Waals surface area contributed by atoms with Crippen LogP contribution >= 0.6 is 0 Å². The Labute approximate surface area is 171 Å². The van der Waals surface area contributed by atoms with Crippen molar-refractivity contribution in [2.24, 2.45) is 0 Å². The van der Waals surface area contributed by atoms with Crippen LogP contribution in [0.2, 0.25) is 0 Å². The summed E-state index contributed by atoms with van der Waals surface area (Å²) in [5, 5.41) is 8.04. The van der Waals surface area contributed by atoms with Crippen LogP contribution in [0.3, 0.4) is 0 Å². The van der Waals surface area contributed by atoms with Crippen molar-refractivity contribution in [3.05, 3.63) is 48.0 Å². The molecule has 3 aromatic heterocycles. The molecule has 0 spiro atoms. The van der Waals surface area contributed by atoms with Crippen molar-refractivity contribution in [1.29, 1.82) is 0 Å². The molecule has 150 valence electrons. The Morgan fingerprint density at radius 1 is 0.966 bits per heavy atom. The van der Waals surface area contributed by atoms with Gasteiger partial charge in [-0.3, -0.25) is 9.67 Å². The van der Waals surface area contributed by atoms with E-state index < -0.39 is 0 Å². The van der Waals surface area contributed by atoms with E-state index in [1.165, 1.54) is 37.9 Å². The highest BCUT2D eigenvalue weighted by molar-refractivity contribution is 5.63. The Bertz CT molecular complexity index is 961. The summed E-state index contributed by atoms with van der Waals surface area (Å²) < 4.78 is 2.03. The first-order chi connectivity index (χ1) is 14.3. The minimum atomic E-state index is 0.686. The van der Waals surface area contributed by atoms with E-state index in [4.69, 9.17) is 9.97 Å². The molecular formula is C22H27N7. The largest absolute Gasteiger partial charge is 0.337 e. The van der Waals surface area contributed by atoms with Gasteiger partial charge in [-0.25, -0.2) is 9.97 Å². The van der Waals surface area contributed by atoms with Crippen molar-refractivity contribution in [1.82, 2.24) is 29.6 Å². The molecular weight excluding hydrogens is 362 g/mol. The van der Waals surface area contributed by atoms with Gasteiger partial charge < -0.3 is 10.2 Å². The molecule has 1 aliphatic carbocycles. The number of aromatic nitrogens is 5. The first-order valence-corrected chi connectivity index (χ1v) is 10.7. The highest BCUT2D eigenvalue weighted by Gasteiger charge is 2.21. The fraction of sp³-hybridized carbons (Fsp3) is 0.455. The van der Waals surface area contributed by atoms with Gasteiger partial charge in [0.05, 0.1) is 18.4 Å². The fourth-order valence-corrected chi connectivity index (χ4v) is 4.26. The number of piperidine rings is 1. The van der Waals surface area contributed by atoms with Gasteiger partial charge in [0.25, 0.3) is 0 Å². The zero-order valence-corrected chi connectivity index (χ0v) is 16.7. The Hall–Kier alpha value is -2.80. The average Bonchev–Trinajstić information content (AvgIpc) is 3.43. The SMILES string of the molecule is c1ccc(-c2nc3c(c(Nc4cnn(CCN5CCCCC5)c4)n2)CCC3)nc1. The Kier molecular flexibility index (Phi) is 5.21. The van der Waals surface area contributed by atoms with Crippen molar-refractivity contribution >= 4 is 11.5 Å². The van der Waals surface area contributed by atoms with Gasteiger partial charge in [-0.1, -0.05) is 12.5 Å². The van der Waals surface area contributed by atoms with Crippen LogP contribution in [0.25, 0.3) is 11.5 Å². The van der Waals surface area contributed by atoms with Gasteiger partial charge in [-0.15, -0.1) is 0 Å². The lowest BCUT2D eigenvalue weighted by molar-refractivity contribution is 0.218. The molecule has 7 nitrogen and oxygen atoms in total. The second-order valence-electron chi connectivity index (χ2n) is 7.91. The fourth-order valence-electron chi connectivity index (χ4n) is 4.26. The lowest BCUT2D eigenvalue weighted by Crippen LogP contribution is -2.32. The molecule has 1 N–H and O–H groups in total. The topological polar surface area (TPSA) is 71.8 Å². The molecule has 2 aliphatic rings. The standard InChI is InChI=1S/C22H27N7/c1-4-11-28(12-5-1)13-14-29-16-17(15-24-29)25-21-18-7-6-9-19(18)26-22(27-21)20-8-2-3-10-23-20/h2-3,8,10,15-16H,1,4-7,9,11-14H2,(H,25,26,27). The molecule has 0 radical (unpaired) electrons. The number of aryl methyl sites for hydroxylation is 1. The lowest BCUT2D eigenvalue weighted by Gasteiger charge is -2.26. The normalized spacial score (nSPS) is 16.7. The summed E-state index contributed by atoms with van der Waals surface area (Å²) in [6.07, 6.45) is 12.9. The molecule has 1 aliphatic heterocycles. The molecule has 0 amide bonds. The maximum atomic E-state index is 4.81. The molecule has 3 aromatic rings. The van der Waals surface area contributed by atoms with Crippen LogP contribution in [0.4, 0.5) is 11.5 Å². The Morgan fingerprint density at radius 2 is 1.90 bits per heavy atom. The van der Waals surface area contributed by atoms with Gasteiger partial charge in [-0.05, 0) is 57.3 Å². The number of nitrogens with zero attached hydrogens (tertiary/aromatic N) is 6. The third kappa shape index (κ3) is 4.15. The number of likely N-dealkylation sites (tertiary alicyclic amines) is 1. The number of pyridine rings is 1. The van der Waals surface area contributed by atoms with Gasteiger partial charge in [-0.2, -0.15) is 5.10 Å². The third-order valence-electron chi connectivity index (χ3n) is 5.82. The number of hydrogen-bond acceptors (Lipinski definition) is 6. The lowest BCUT2D eigenvalue weighted by atomic mass is 10.1. The van der Waals surface area contributed by atoms with E-state index in [0.29, 0.717) is 5.82 Å². The summed E-state index contributed by atoms with van der Waals surface area (Å²) >= 11 is 0. The van der Waals surface area contributed by atoms with Gasteiger partial charge in [0.2, 0.25) is 0 Å². The van der Waals surface area contributed by atoms with E-state index >= 15 is 0 Å². The van der Waals surface area contributed by atoms with Gasteiger partial charge in [0.1, 0.15) is 11.5 Å². The molecule has 0 bridgehead atoms. The van der Waals surface area contributed by atoms with Crippen LogP contribution < -0.4 is 5.32 Å². The second-order valence-corrected chi connectivity index (χ2v) is 7.91. The monoisotopic (exact) mass is 389 g/mol. The van der Waals surface area contributed by atoms with Crippen molar-refractivity contribution < 1.29 is 0 Å². The van der Waals surface area contributed by atoms with Crippen molar-refractivity contribution in [2.45, 2.75) is 45.1 Å². The van der Waals surface area contributed by atoms with Crippen LogP contribution in [0, 0.1) is 0 Å². The van der Waals surface area contributed by atoms with Crippen LogP contribution in [0.1, 0.15) is 36.9 Å². The van der Waals surface area contributed by atoms with Gasteiger partial charge in [0.15, 0.2) is 5.82 Å². The molecule has 0 unspecified atom stereocenters. The number of fused-ring (bicyclic) bond motifs is 1. The molecule has 29 heavy (non-hydrogen) atoms. The minimum Gasteiger partial charge on any atom is -0.337 e. The number of hydrogen-bond donors (Lipinski definition) is 1. The van der Waals surface area contributed by atoms with Crippen LogP contribution in [0.5, 0.6) is 0 Å². The predicted molar refractivity (Wildman–Crippen MR) is 113 cm³/mol. The first kappa shape index (κ1) is 18.2. The van der Waals surface area contributed by atoms with E-state index in [0.717, 1.165) is 55.2 Å². The van der Waals surface area contributed by atoms with E-state index in [1.807, 2.05) is 29.1 Å². The molecule has 0 atom stereocenters. The first-order valence-electron chi connectivity index (χ1n) is 10.7. The quantitative estimate of drug-likeness (QED) is 0.696. The summed E-state index contributed by atoms with van der Waals surface area (Å²) in [7, 11) is 0. The summed E-state index contributed by atoms with van der Waals surface area (Å²) in [6.45, 7) is 4.42. The van der Waals surface area contributed by atoms with Crippen molar-refractivity contribution in [3.63, 3.8) is 0 Å². The van der Waals surface area contributed by atoms with Crippen LogP contribution in [0.15, 0.2) is 36.8 Å². The molecule has 4 heterocycles. The highest BCUT2D eigenvalue weighted by atomic mass is 15.3.